The van der Waals surface area contributed by atoms with Crippen LogP contribution in [0.4, 0.5) is 13.9 Å². The molecule has 1 saturated heterocycles. The molecule has 44 heavy (non-hydrogen) atoms. The Morgan fingerprint density at radius 3 is 2.77 bits per heavy atom. The van der Waals surface area contributed by atoms with Crippen molar-refractivity contribution in [2.45, 2.75) is 94.4 Å². The summed E-state index contributed by atoms with van der Waals surface area (Å²) >= 11 is 14.6. The van der Waals surface area contributed by atoms with Crippen LogP contribution in [-0.2, 0) is 11.3 Å². The average molecular weight is 668 g/mol. The molecular formula is C31H34Cl2F2N4O4S. The number of fused-ring (bicyclic) bond motifs is 1. The number of ether oxygens (including phenoxy) is 2. The van der Waals surface area contributed by atoms with Crippen molar-refractivity contribution in [1.29, 1.82) is 0 Å². The van der Waals surface area contributed by atoms with E-state index in [0.29, 0.717) is 32.8 Å². The van der Waals surface area contributed by atoms with Gasteiger partial charge in [0, 0.05) is 41.2 Å². The number of anilines is 1. The fraction of sp³-hybridized carbons (Fsp3) is 0.516. The zero-order chi connectivity index (χ0) is 31.1. The second kappa shape index (κ2) is 12.9. The smallest absolute Gasteiger partial charge is 0.387 e. The quantitative estimate of drug-likeness (QED) is 0.173. The molecule has 236 valence electrons. The van der Waals surface area contributed by atoms with Crippen molar-refractivity contribution >= 4 is 55.9 Å². The molecule has 8 nitrogen and oxygen atoms in total. The number of rotatable bonds is 10. The summed E-state index contributed by atoms with van der Waals surface area (Å²) in [4.78, 5) is 19.2. The van der Waals surface area contributed by atoms with Crippen molar-refractivity contribution in [3.63, 3.8) is 0 Å². The number of methoxy groups -OCH3 is 1. The minimum absolute atomic E-state index is 0.101. The van der Waals surface area contributed by atoms with E-state index >= 15 is 0 Å². The van der Waals surface area contributed by atoms with Gasteiger partial charge in [-0.3, -0.25) is 0 Å². The van der Waals surface area contributed by atoms with Gasteiger partial charge in [-0.25, -0.2) is 9.78 Å². The van der Waals surface area contributed by atoms with E-state index in [4.69, 9.17) is 42.2 Å². The first-order chi connectivity index (χ1) is 21.2. The third-order valence-electron chi connectivity index (χ3n) is 8.65. The molecule has 13 heteroatoms. The van der Waals surface area contributed by atoms with Gasteiger partial charge in [-0.1, -0.05) is 47.2 Å². The maximum absolute atomic E-state index is 13.3. The molecule has 2 aliphatic carbocycles. The highest BCUT2D eigenvalue weighted by Gasteiger charge is 2.39. The fourth-order valence-corrected chi connectivity index (χ4v) is 8.30. The molecule has 5 unspecified atom stereocenters. The molecule has 0 radical (unpaired) electrons. The summed E-state index contributed by atoms with van der Waals surface area (Å²) < 4.78 is 42.5. The summed E-state index contributed by atoms with van der Waals surface area (Å²) in [7, 11) is 1.24. The minimum atomic E-state index is -3.05. The van der Waals surface area contributed by atoms with Gasteiger partial charge in [-0.15, -0.1) is 11.6 Å². The fourth-order valence-electron chi connectivity index (χ4n) is 6.39. The number of alkyl halides is 3. The van der Waals surface area contributed by atoms with Gasteiger partial charge in [-0.2, -0.15) is 8.78 Å². The maximum atomic E-state index is 13.3. The molecule has 2 fully saturated rings. The molecule has 5 atom stereocenters. The van der Waals surface area contributed by atoms with Gasteiger partial charge < -0.3 is 24.2 Å². The highest BCUT2D eigenvalue weighted by molar-refractivity contribution is 7.22. The maximum Gasteiger partial charge on any atom is 0.387 e. The first kappa shape index (κ1) is 31.3. The van der Waals surface area contributed by atoms with E-state index in [9.17, 15) is 13.6 Å². The van der Waals surface area contributed by atoms with E-state index in [2.05, 4.69) is 29.2 Å². The molecular weight excluding hydrogens is 633 g/mol. The van der Waals surface area contributed by atoms with Crippen LogP contribution in [0.25, 0.3) is 10.2 Å². The van der Waals surface area contributed by atoms with Gasteiger partial charge in [0.15, 0.2) is 10.9 Å². The lowest BCUT2D eigenvalue weighted by atomic mass is 9.90. The van der Waals surface area contributed by atoms with E-state index in [0.717, 1.165) is 49.1 Å². The summed E-state index contributed by atoms with van der Waals surface area (Å²) in [5, 5.41) is 9.30. The van der Waals surface area contributed by atoms with Crippen LogP contribution in [0, 0.1) is 0 Å². The monoisotopic (exact) mass is 666 g/mol. The summed E-state index contributed by atoms with van der Waals surface area (Å²) in [6, 6.07) is 3.33. The molecule has 3 aliphatic rings. The number of carbonyl (C=O) groups excluding carboxylic acids is 1. The predicted molar refractivity (Wildman–Crippen MR) is 167 cm³/mol. The lowest BCUT2D eigenvalue weighted by Crippen LogP contribution is -2.53. The highest BCUT2D eigenvalue weighted by atomic mass is 35.5. The molecule has 1 aliphatic heterocycles. The molecule has 1 N–H and O–H groups in total. The lowest BCUT2D eigenvalue weighted by molar-refractivity contribution is -0.0489. The second-order valence-corrected chi connectivity index (χ2v) is 13.5. The number of allylic oxidation sites excluding steroid dienone is 4. The zero-order valence-electron chi connectivity index (χ0n) is 24.6. The second-order valence-electron chi connectivity index (χ2n) is 11.6. The van der Waals surface area contributed by atoms with Crippen LogP contribution in [0.2, 0.25) is 0 Å². The largest absolute Gasteiger partial charge is 0.465 e. The topological polar surface area (TPSA) is 89.7 Å². The Kier molecular flexibility index (Phi) is 9.20. The first-order valence-corrected chi connectivity index (χ1v) is 16.5. The summed E-state index contributed by atoms with van der Waals surface area (Å²) in [6.45, 7) is 1.83. The molecule has 3 aromatic rings. The third-order valence-corrected chi connectivity index (χ3v) is 10.4. The minimum Gasteiger partial charge on any atom is -0.465 e. The van der Waals surface area contributed by atoms with Gasteiger partial charge >= 0.3 is 12.6 Å². The van der Waals surface area contributed by atoms with Crippen LogP contribution in [0.5, 0.6) is 5.75 Å². The van der Waals surface area contributed by atoms with Crippen LogP contribution in [0.3, 0.4) is 0 Å². The van der Waals surface area contributed by atoms with Crippen molar-refractivity contribution < 1.29 is 27.6 Å². The third kappa shape index (κ3) is 6.21. The number of benzene rings is 1. The Bertz CT molecular complexity index is 1590. The number of piperidine rings is 1. The molecule has 0 spiro atoms. The van der Waals surface area contributed by atoms with Crippen LogP contribution in [0.15, 0.2) is 39.9 Å². The van der Waals surface area contributed by atoms with Crippen LogP contribution >= 0.6 is 34.5 Å². The van der Waals surface area contributed by atoms with Crippen molar-refractivity contribution in [1.82, 2.24) is 15.5 Å². The summed E-state index contributed by atoms with van der Waals surface area (Å²) in [6.07, 6.45) is 10.4. The van der Waals surface area contributed by atoms with Crippen molar-refractivity contribution in [3.05, 3.63) is 58.0 Å². The first-order valence-electron chi connectivity index (χ1n) is 14.8. The van der Waals surface area contributed by atoms with Crippen molar-refractivity contribution in [2.75, 3.05) is 12.0 Å². The number of nitrogens with one attached hydrogen (secondary N) is 1. The van der Waals surface area contributed by atoms with E-state index in [1.807, 2.05) is 18.2 Å². The number of hydrogen-bond donors (Lipinski definition) is 1. The Hall–Kier alpha value is -2.73. The van der Waals surface area contributed by atoms with Gasteiger partial charge in [0.25, 0.3) is 0 Å². The molecule has 3 heterocycles. The van der Waals surface area contributed by atoms with Crippen molar-refractivity contribution in [2.24, 2.45) is 0 Å². The number of halogens is 4. The van der Waals surface area contributed by atoms with E-state index in [1.165, 1.54) is 24.5 Å². The molecule has 0 amide bonds. The molecule has 0 bridgehead atoms. The Morgan fingerprint density at radius 2 is 2.09 bits per heavy atom. The predicted octanol–water partition coefficient (Wildman–Crippen LogP) is 7.86. The number of hydrogen-bond acceptors (Lipinski definition) is 9. The Morgan fingerprint density at radius 1 is 1.30 bits per heavy atom. The average Bonchev–Trinajstić information content (AvgIpc) is 3.61. The highest BCUT2D eigenvalue weighted by Crippen LogP contribution is 2.46. The summed E-state index contributed by atoms with van der Waals surface area (Å²) in [5.74, 6) is 0.281. The van der Waals surface area contributed by atoms with Crippen LogP contribution in [-0.4, -0.2) is 53.3 Å². The zero-order valence-corrected chi connectivity index (χ0v) is 26.9. The number of esters is 1. The van der Waals surface area contributed by atoms with Crippen LogP contribution in [0.1, 0.15) is 85.2 Å². The van der Waals surface area contributed by atoms with E-state index in [-0.39, 0.29) is 40.7 Å². The Balaban J connectivity index is 1.22. The van der Waals surface area contributed by atoms with Crippen LogP contribution < -0.4 is 15.0 Å². The molecule has 1 aromatic carbocycles. The normalized spacial score (nSPS) is 25.5. The number of nitrogens with zero attached hydrogens (tertiary/aromatic N) is 3. The number of thiazole rings is 1. The summed E-state index contributed by atoms with van der Waals surface area (Å²) in [5.41, 5.74) is 2.28. The van der Waals surface area contributed by atoms with E-state index < -0.39 is 12.6 Å². The molecule has 2 aromatic heterocycles. The molecule has 1 saturated carbocycles. The Labute approximate surface area is 268 Å². The van der Waals surface area contributed by atoms with Gasteiger partial charge in [0.2, 0.25) is 0 Å². The van der Waals surface area contributed by atoms with Gasteiger partial charge in [0.1, 0.15) is 11.3 Å². The van der Waals surface area contributed by atoms with Gasteiger partial charge in [0.05, 0.1) is 34.4 Å². The van der Waals surface area contributed by atoms with Crippen molar-refractivity contribution in [3.8, 4) is 5.75 Å². The van der Waals surface area contributed by atoms with E-state index in [1.54, 1.807) is 6.07 Å². The SMILES string of the molecule is CCC1CC(NCc2c(C3C(Cl)=CC=CC3Cl)noc2C2CC2)CC(C)N1c1nc2c(OC(F)F)cc(C(=O)OC)cc2s1. The van der Waals surface area contributed by atoms with Gasteiger partial charge in [-0.05, 0) is 57.2 Å². The molecule has 6 rings (SSSR count). The number of carbonyl (C=O) groups is 1. The lowest BCUT2D eigenvalue weighted by Gasteiger charge is -2.44. The standard InChI is InChI=1S/C31H34Cl2F2N4O4S/c1-4-19-13-18(36-14-20-26(38-43-28(20)16-8-9-16)25-21(32)6-5-7-22(25)33)10-15(2)39(19)31-37-27-23(42-30(34)35)11-17(29(40)41-3)12-24(27)44-31/h5-7,11-12,15-16,18-19,21,25,30,36H,4,8-10,13-14H2,1-3H3. The number of aromatic nitrogens is 2.